The molecule has 3 aliphatic rings. The summed E-state index contributed by atoms with van der Waals surface area (Å²) < 4.78 is 31.0. The Morgan fingerprint density at radius 2 is 1.62 bits per heavy atom. The van der Waals surface area contributed by atoms with Gasteiger partial charge in [-0.25, -0.2) is 0 Å². The first-order valence-corrected chi connectivity index (χ1v) is 21.2. The number of hydrogen-bond donors (Lipinski definition) is 4. The third-order valence-corrected chi connectivity index (χ3v) is 12.8. The molecule has 1 aromatic carbocycles. The minimum Gasteiger partial charge on any atom is -0.461 e. The molecular formula is C44H72N2O12. The van der Waals surface area contributed by atoms with Crippen molar-refractivity contribution in [1.82, 2.24) is 4.90 Å². The van der Waals surface area contributed by atoms with Crippen LogP contribution in [-0.2, 0) is 44.5 Å². The molecule has 0 aromatic heterocycles. The fourth-order valence-electron chi connectivity index (χ4n) is 9.31. The highest BCUT2D eigenvalue weighted by molar-refractivity contribution is 5.89. The summed E-state index contributed by atoms with van der Waals surface area (Å²) in [6.07, 6.45) is -3.15. The molecule has 330 valence electrons. The van der Waals surface area contributed by atoms with E-state index in [4.69, 9.17) is 28.5 Å². The van der Waals surface area contributed by atoms with Crippen LogP contribution in [-0.4, -0.2) is 130 Å². The van der Waals surface area contributed by atoms with Crippen LogP contribution in [0.3, 0.4) is 0 Å². The van der Waals surface area contributed by atoms with Gasteiger partial charge in [0.05, 0.1) is 42.0 Å². The molecular weight excluding hydrogens is 748 g/mol. The van der Waals surface area contributed by atoms with E-state index in [9.17, 15) is 30.0 Å². The monoisotopic (exact) mass is 821 g/mol. The molecule has 1 saturated carbocycles. The van der Waals surface area contributed by atoms with E-state index in [1.54, 1.807) is 53.9 Å². The minimum atomic E-state index is -1.97. The van der Waals surface area contributed by atoms with Gasteiger partial charge in [-0.2, -0.15) is 0 Å². The molecule has 4 rings (SSSR count). The molecule has 1 aromatic rings. The van der Waals surface area contributed by atoms with E-state index < -0.39 is 89.4 Å². The van der Waals surface area contributed by atoms with Gasteiger partial charge in [-0.05, 0) is 79.5 Å². The van der Waals surface area contributed by atoms with Gasteiger partial charge < -0.3 is 53.8 Å². The zero-order valence-electron chi connectivity index (χ0n) is 36.6. The van der Waals surface area contributed by atoms with Gasteiger partial charge in [-0.15, -0.1) is 0 Å². The Labute approximate surface area is 345 Å². The first kappa shape index (κ1) is 48.0. The molecule has 3 fully saturated rings. The van der Waals surface area contributed by atoms with Gasteiger partial charge in [0, 0.05) is 43.7 Å². The zero-order chi connectivity index (χ0) is 43.2. The van der Waals surface area contributed by atoms with E-state index in [1.807, 2.05) is 51.0 Å². The fraction of sp³-hybridized carbons (Fsp3) is 0.795. The van der Waals surface area contributed by atoms with Crippen molar-refractivity contribution in [2.75, 3.05) is 21.2 Å². The molecule has 0 bridgehead atoms. The van der Waals surface area contributed by atoms with Gasteiger partial charge in [0.15, 0.2) is 6.29 Å². The second-order valence-electron chi connectivity index (χ2n) is 17.9. The number of nitrogens with zero attached hydrogens (tertiary/aromatic N) is 2. The largest absolute Gasteiger partial charge is 0.461 e. The van der Waals surface area contributed by atoms with Crippen LogP contribution >= 0.6 is 0 Å². The van der Waals surface area contributed by atoms with Crippen LogP contribution in [0.4, 0.5) is 0 Å². The number of hydrogen-bond acceptors (Lipinski definition) is 14. The van der Waals surface area contributed by atoms with Crippen molar-refractivity contribution in [3.05, 3.63) is 35.9 Å². The molecule has 0 radical (unpaired) electrons. The molecule has 2 aliphatic heterocycles. The second kappa shape index (κ2) is 20.2. The highest BCUT2D eigenvalue weighted by Crippen LogP contribution is 2.40. The number of rotatable bonds is 10. The summed E-state index contributed by atoms with van der Waals surface area (Å²) in [6, 6.07) is 8.72. The van der Waals surface area contributed by atoms with Crippen LogP contribution in [0.2, 0.25) is 0 Å². The minimum absolute atomic E-state index is 0.0282. The lowest BCUT2D eigenvalue weighted by atomic mass is 9.73. The van der Waals surface area contributed by atoms with Crippen molar-refractivity contribution in [2.24, 2.45) is 28.8 Å². The number of likely N-dealkylation sites (N-methyl/N-ethyl adjacent to an activating group) is 1. The van der Waals surface area contributed by atoms with Crippen LogP contribution in [0.25, 0.3) is 0 Å². The van der Waals surface area contributed by atoms with E-state index >= 15 is 0 Å². The maximum Gasteiger partial charge on any atom is 0.312 e. The summed E-state index contributed by atoms with van der Waals surface area (Å²) >= 11 is 0. The highest BCUT2D eigenvalue weighted by Gasteiger charge is 2.52. The van der Waals surface area contributed by atoms with Gasteiger partial charge in [-0.1, -0.05) is 69.6 Å². The van der Waals surface area contributed by atoms with Crippen molar-refractivity contribution in [1.29, 1.82) is 0 Å². The fourth-order valence-corrected chi connectivity index (χ4v) is 9.31. The molecule has 4 N–H and O–H groups in total. The summed E-state index contributed by atoms with van der Waals surface area (Å²) in [7, 11) is 5.30. The lowest BCUT2D eigenvalue weighted by Crippen LogP contribution is -2.60. The topological polar surface area (TPSA) is 186 Å². The van der Waals surface area contributed by atoms with Crippen LogP contribution in [0.5, 0.6) is 0 Å². The first-order chi connectivity index (χ1) is 27.2. The van der Waals surface area contributed by atoms with E-state index in [0.29, 0.717) is 30.5 Å². The predicted molar refractivity (Wildman–Crippen MR) is 217 cm³/mol. The lowest BCUT2D eigenvalue weighted by Gasteiger charge is -2.47. The Morgan fingerprint density at radius 3 is 2.21 bits per heavy atom. The Hall–Kier alpha value is -2.69. The number of esters is 2. The molecule has 58 heavy (non-hydrogen) atoms. The number of benzene rings is 1. The predicted octanol–water partition coefficient (Wildman–Crippen LogP) is 4.76. The summed E-state index contributed by atoms with van der Waals surface area (Å²) in [4.78, 5) is 36.1. The van der Waals surface area contributed by atoms with Crippen molar-refractivity contribution < 1.29 is 58.5 Å². The number of ether oxygens (including phenoxy) is 5. The molecule has 1 aliphatic carbocycles. The van der Waals surface area contributed by atoms with Crippen LogP contribution in [0.15, 0.2) is 35.5 Å². The van der Waals surface area contributed by atoms with Gasteiger partial charge in [-0.3, -0.25) is 9.59 Å². The van der Waals surface area contributed by atoms with Crippen LogP contribution in [0.1, 0.15) is 112 Å². The van der Waals surface area contributed by atoms with Gasteiger partial charge in [0.1, 0.15) is 23.9 Å². The van der Waals surface area contributed by atoms with Crippen molar-refractivity contribution in [3.8, 4) is 0 Å². The van der Waals surface area contributed by atoms with E-state index in [0.717, 1.165) is 19.3 Å². The maximum atomic E-state index is 14.2. The summed E-state index contributed by atoms with van der Waals surface area (Å²) in [5, 5.41) is 53.1. The molecule has 14 nitrogen and oxygen atoms in total. The average Bonchev–Trinajstić information content (AvgIpc) is 3.18. The van der Waals surface area contributed by atoms with Crippen LogP contribution in [0, 0.1) is 23.7 Å². The van der Waals surface area contributed by atoms with E-state index in [2.05, 4.69) is 5.16 Å². The first-order valence-electron chi connectivity index (χ1n) is 21.2. The standard InChI is InChI=1S/C44H72N2O12/c1-12-33-43(8,52)38(49)28(4)35(45-58-44(53-11)21-17-14-18-22-44)26(2)25-42(7,51)39(57-41-36(48)32(46(9)10)23-27(3)54-41)29(5)37(30(6)40(50)55-33)56-34(47)24-31-19-15-13-16-20-31/h13,15-16,19-20,26-30,32-33,36-39,41,48-49,51-52H,12,14,17-18,21-25H2,1-11H3/b45-35+/t26-,27-,28-,29+,30-,32+,33+,36-,37-,38+,39-,41+,42+,43-/m1/s1. The third-order valence-electron chi connectivity index (χ3n) is 12.8. The van der Waals surface area contributed by atoms with Gasteiger partial charge in [0.25, 0.3) is 0 Å². The summed E-state index contributed by atoms with van der Waals surface area (Å²) in [5.41, 5.74) is -2.70. The smallest absolute Gasteiger partial charge is 0.312 e. The number of oxime groups is 1. The van der Waals surface area contributed by atoms with Crippen molar-refractivity contribution in [2.45, 2.75) is 179 Å². The number of carbonyl (C=O) groups is 2. The Kier molecular flexibility index (Phi) is 16.8. The van der Waals surface area contributed by atoms with Gasteiger partial charge in [0.2, 0.25) is 5.79 Å². The number of aliphatic hydroxyl groups excluding tert-OH is 2. The molecule has 0 unspecified atom stereocenters. The quantitative estimate of drug-likeness (QED) is 0.144. The van der Waals surface area contributed by atoms with E-state index in [1.165, 1.54) is 6.92 Å². The molecule has 14 atom stereocenters. The summed E-state index contributed by atoms with van der Waals surface area (Å²) in [5.74, 6) is -5.89. The molecule has 0 spiro atoms. The third kappa shape index (κ3) is 11.4. The van der Waals surface area contributed by atoms with E-state index in [-0.39, 0.29) is 31.4 Å². The maximum absolute atomic E-state index is 14.2. The van der Waals surface area contributed by atoms with Gasteiger partial charge >= 0.3 is 11.9 Å². The zero-order valence-corrected chi connectivity index (χ0v) is 36.6. The average molecular weight is 821 g/mol. The Balaban J connectivity index is 1.86. The highest BCUT2D eigenvalue weighted by atomic mass is 16.8. The number of methoxy groups -OCH3 is 1. The molecule has 0 amide bonds. The number of cyclic esters (lactones) is 1. The second-order valence-corrected chi connectivity index (χ2v) is 17.9. The number of carbonyl (C=O) groups excluding carboxylic acids is 2. The number of aliphatic hydroxyl groups is 4. The lowest BCUT2D eigenvalue weighted by molar-refractivity contribution is -0.299. The molecule has 2 saturated heterocycles. The molecule has 2 heterocycles. The van der Waals surface area contributed by atoms with Crippen molar-refractivity contribution >= 4 is 17.7 Å². The Morgan fingerprint density at radius 1 is 0.983 bits per heavy atom. The molecule has 14 heteroatoms. The summed E-state index contributed by atoms with van der Waals surface area (Å²) in [6.45, 7) is 13.5. The normalized spacial score (nSPS) is 40.1. The Bertz CT molecular complexity index is 1500. The van der Waals surface area contributed by atoms with Crippen LogP contribution < -0.4 is 0 Å². The van der Waals surface area contributed by atoms with Crippen molar-refractivity contribution in [3.63, 3.8) is 0 Å². The SMILES string of the molecule is CC[C@@H]1OC(=O)[C@H](C)[C@H](OC(=O)Cc2ccccc2)[C@H](C)[C@@H](O[C@@H]2O[C@H](C)C[C@H](N(C)C)[C@H]2O)[C@@](C)(O)C[C@@H](C)/C(=N\OC2(OC)CCCCC2)[C@@H](C)[C@H](O)[C@]1(C)O.